The predicted molar refractivity (Wildman–Crippen MR) is 162 cm³/mol. The molecule has 12 heteroatoms. The third-order valence-electron chi connectivity index (χ3n) is 9.24. The van der Waals surface area contributed by atoms with E-state index in [2.05, 4.69) is 9.64 Å². The molecule has 0 radical (unpaired) electrons. The molecule has 1 saturated carbocycles. The molecule has 4 atom stereocenters. The number of ether oxygens (including phenoxy) is 3. The first kappa shape index (κ1) is 32.9. The minimum Gasteiger partial charge on any atom is -0.490 e. The third kappa shape index (κ3) is 7.56. The zero-order valence-corrected chi connectivity index (χ0v) is 26.9. The Balaban J connectivity index is 1.15. The topological polar surface area (TPSA) is 68.3 Å². The van der Waals surface area contributed by atoms with E-state index in [-0.39, 0.29) is 40.4 Å². The number of esters is 1. The quantitative estimate of drug-likeness (QED) is 0.212. The van der Waals surface area contributed by atoms with E-state index < -0.39 is 41.4 Å². The molecule has 4 aliphatic rings. The summed E-state index contributed by atoms with van der Waals surface area (Å²) < 4.78 is 69.7. The Morgan fingerprint density at radius 2 is 1.61 bits per heavy atom. The van der Waals surface area contributed by atoms with Crippen molar-refractivity contribution in [2.24, 2.45) is 0 Å². The Kier molecular flexibility index (Phi) is 8.95. The van der Waals surface area contributed by atoms with Gasteiger partial charge in [-0.15, -0.1) is 13.2 Å². The number of amides is 1. The van der Waals surface area contributed by atoms with Gasteiger partial charge in [-0.1, -0.05) is 11.6 Å². The molecule has 2 unspecified atom stereocenters. The van der Waals surface area contributed by atoms with E-state index in [1.165, 1.54) is 23.1 Å². The molecule has 0 aromatic heterocycles. The maximum Gasteiger partial charge on any atom is 0.573 e. The van der Waals surface area contributed by atoms with Crippen LogP contribution in [0.25, 0.3) is 0 Å². The Hall–Kier alpha value is -3.05. The van der Waals surface area contributed by atoms with Crippen molar-refractivity contribution in [1.29, 1.82) is 0 Å². The van der Waals surface area contributed by atoms with E-state index in [1.807, 2.05) is 0 Å². The first-order chi connectivity index (χ1) is 21.6. The molecule has 1 amide bonds. The molecular formula is C34H39ClF4N2O5. The van der Waals surface area contributed by atoms with Gasteiger partial charge in [0.2, 0.25) is 0 Å². The summed E-state index contributed by atoms with van der Waals surface area (Å²) in [5, 5.41) is 0.0822. The average Bonchev–Trinajstić information content (AvgIpc) is 3.59. The van der Waals surface area contributed by atoms with Crippen LogP contribution in [0.2, 0.25) is 5.02 Å². The number of likely N-dealkylation sites (tertiary alicyclic amines) is 1. The van der Waals surface area contributed by atoms with Gasteiger partial charge in [0.1, 0.15) is 35.1 Å². The molecule has 3 saturated heterocycles. The first-order valence-corrected chi connectivity index (χ1v) is 16.4. The van der Waals surface area contributed by atoms with Gasteiger partial charge in [-0.3, -0.25) is 9.69 Å². The summed E-state index contributed by atoms with van der Waals surface area (Å²) in [4.78, 5) is 30.3. The van der Waals surface area contributed by atoms with Gasteiger partial charge < -0.3 is 19.1 Å². The van der Waals surface area contributed by atoms with E-state index in [4.69, 9.17) is 21.1 Å². The van der Waals surface area contributed by atoms with Crippen LogP contribution in [-0.4, -0.2) is 64.4 Å². The lowest BCUT2D eigenvalue weighted by Crippen LogP contribution is -2.46. The van der Waals surface area contributed by atoms with E-state index in [9.17, 15) is 22.8 Å². The zero-order valence-electron chi connectivity index (χ0n) is 26.2. The zero-order chi connectivity index (χ0) is 33.0. The molecule has 2 aromatic rings. The van der Waals surface area contributed by atoms with E-state index in [0.717, 1.165) is 42.9 Å². The molecule has 250 valence electrons. The summed E-state index contributed by atoms with van der Waals surface area (Å²) in [6.45, 7) is 6.24. The number of nitrogens with zero attached hydrogens (tertiary/aromatic N) is 2. The van der Waals surface area contributed by atoms with E-state index >= 15 is 4.39 Å². The van der Waals surface area contributed by atoms with Crippen molar-refractivity contribution in [3.63, 3.8) is 0 Å². The molecular weight excluding hydrogens is 628 g/mol. The number of halogens is 5. The van der Waals surface area contributed by atoms with Crippen LogP contribution in [0.15, 0.2) is 30.3 Å². The van der Waals surface area contributed by atoms with Crippen molar-refractivity contribution in [3.05, 3.63) is 57.9 Å². The number of hydrogen-bond donors (Lipinski definition) is 0. The summed E-state index contributed by atoms with van der Waals surface area (Å²) in [6.07, 6.45) is 1.21. The van der Waals surface area contributed by atoms with Gasteiger partial charge in [0.15, 0.2) is 0 Å². The molecule has 3 aliphatic heterocycles. The molecule has 1 aliphatic carbocycles. The Morgan fingerprint density at radius 1 is 0.935 bits per heavy atom. The lowest BCUT2D eigenvalue weighted by atomic mass is 9.95. The predicted octanol–water partition coefficient (Wildman–Crippen LogP) is 7.78. The molecule has 0 N–H and O–H groups in total. The van der Waals surface area contributed by atoms with Crippen molar-refractivity contribution in [2.75, 3.05) is 6.54 Å². The number of carbonyl (C=O) groups excluding carboxylic acids is 2. The maximum absolute atomic E-state index is 15.8. The first-order valence-electron chi connectivity index (χ1n) is 16.0. The van der Waals surface area contributed by atoms with Crippen LogP contribution in [0.1, 0.15) is 99.5 Å². The standard InChI is InChI=1S/C34H39ClF4N2O5/c1-33(2,3)46-32(43)30-5-4-10-40(30)31(42)28-17-27(19-6-7-19)20(11-29(28)36)18-41-22-8-9-23(41)15-25(14-22)44-24-12-21(35)13-26(16-24)45-34(37,38)39/h11-13,16-17,19,22-23,25,30H,4-10,14-15,18H2,1-3H3/t22-,23+,25?,30?. The van der Waals surface area contributed by atoms with Gasteiger partial charge in [0.05, 0.1) is 5.56 Å². The highest BCUT2D eigenvalue weighted by atomic mass is 35.5. The lowest BCUT2D eigenvalue weighted by molar-refractivity contribution is -0.274. The number of carbonyl (C=O) groups is 2. The number of fused-ring (bicyclic) bond motifs is 2. The Labute approximate surface area is 271 Å². The number of alkyl halides is 3. The summed E-state index contributed by atoms with van der Waals surface area (Å²) in [5.74, 6) is -1.50. The maximum atomic E-state index is 15.8. The SMILES string of the molecule is CC(C)(C)OC(=O)C1CCCN1C(=O)c1cc(C2CC2)c(CN2[C@@H]3CC[C@H]2CC(Oc2cc(Cl)cc(OC(F)(F)F)c2)C3)cc1F. The highest BCUT2D eigenvalue weighted by Gasteiger charge is 2.43. The fourth-order valence-corrected chi connectivity index (χ4v) is 7.47. The second-order valence-electron chi connectivity index (χ2n) is 13.9. The number of hydrogen-bond acceptors (Lipinski definition) is 6. The summed E-state index contributed by atoms with van der Waals surface area (Å²) in [7, 11) is 0. The van der Waals surface area contributed by atoms with Crippen molar-refractivity contribution in [1.82, 2.24) is 9.80 Å². The van der Waals surface area contributed by atoms with Gasteiger partial charge in [-0.25, -0.2) is 9.18 Å². The summed E-state index contributed by atoms with van der Waals surface area (Å²) >= 11 is 6.04. The fraction of sp³-hybridized carbons (Fsp3) is 0.588. The largest absolute Gasteiger partial charge is 0.573 e. The van der Waals surface area contributed by atoms with Crippen LogP contribution in [0.5, 0.6) is 11.5 Å². The fourth-order valence-electron chi connectivity index (χ4n) is 7.25. The van der Waals surface area contributed by atoms with Crippen LogP contribution < -0.4 is 9.47 Å². The highest BCUT2D eigenvalue weighted by molar-refractivity contribution is 6.30. The van der Waals surface area contributed by atoms with Gasteiger partial charge >= 0.3 is 12.3 Å². The van der Waals surface area contributed by atoms with Crippen molar-refractivity contribution in [3.8, 4) is 11.5 Å². The second kappa shape index (κ2) is 12.5. The minimum atomic E-state index is -4.84. The van der Waals surface area contributed by atoms with E-state index in [1.54, 1.807) is 26.8 Å². The lowest BCUT2D eigenvalue weighted by Gasteiger charge is -2.39. The summed E-state index contributed by atoms with van der Waals surface area (Å²) in [6, 6.07) is 6.54. The monoisotopic (exact) mass is 666 g/mol. The van der Waals surface area contributed by atoms with Crippen LogP contribution in [0, 0.1) is 5.82 Å². The number of benzene rings is 2. The van der Waals surface area contributed by atoms with Crippen LogP contribution in [0.4, 0.5) is 17.6 Å². The third-order valence-corrected chi connectivity index (χ3v) is 9.46. The molecule has 2 bridgehead atoms. The second-order valence-corrected chi connectivity index (χ2v) is 14.4. The van der Waals surface area contributed by atoms with Crippen molar-refractivity contribution >= 4 is 23.5 Å². The van der Waals surface area contributed by atoms with Crippen LogP contribution >= 0.6 is 11.6 Å². The van der Waals surface area contributed by atoms with Gasteiger partial charge in [0, 0.05) is 36.3 Å². The highest BCUT2D eigenvalue weighted by Crippen LogP contribution is 2.45. The molecule has 7 nitrogen and oxygen atoms in total. The molecule has 2 aromatic carbocycles. The van der Waals surface area contributed by atoms with Gasteiger partial charge in [0.25, 0.3) is 5.91 Å². The van der Waals surface area contributed by atoms with Gasteiger partial charge in [-0.2, -0.15) is 0 Å². The van der Waals surface area contributed by atoms with Gasteiger partial charge in [-0.05, 0) is 113 Å². The Bertz CT molecular complexity index is 1480. The minimum absolute atomic E-state index is 0.00779. The molecule has 6 rings (SSSR count). The average molecular weight is 667 g/mol. The molecule has 0 spiro atoms. The Morgan fingerprint density at radius 3 is 2.24 bits per heavy atom. The smallest absolute Gasteiger partial charge is 0.490 e. The van der Waals surface area contributed by atoms with Crippen LogP contribution in [-0.2, 0) is 16.1 Å². The number of rotatable bonds is 8. The normalized spacial score (nSPS) is 25.1. The molecule has 4 fully saturated rings. The van der Waals surface area contributed by atoms with E-state index in [0.29, 0.717) is 38.8 Å². The van der Waals surface area contributed by atoms with Crippen LogP contribution in [0.3, 0.4) is 0 Å². The van der Waals surface area contributed by atoms with Crippen molar-refractivity contribution < 1.29 is 41.4 Å². The number of piperidine rings is 1. The summed E-state index contributed by atoms with van der Waals surface area (Å²) in [5.41, 5.74) is 1.14. The molecule has 46 heavy (non-hydrogen) atoms. The molecule has 3 heterocycles. The van der Waals surface area contributed by atoms with Crippen molar-refractivity contribution in [2.45, 2.75) is 121 Å².